The van der Waals surface area contributed by atoms with Crippen LogP contribution in [0.15, 0.2) is 53.4 Å². The molecular weight excluding hydrogens is 374 g/mol. The maximum absolute atomic E-state index is 12.3. The molecule has 1 fully saturated rings. The average Bonchev–Trinajstić information content (AvgIpc) is 3.12. The number of nitrogens with zero attached hydrogens (tertiary/aromatic N) is 2. The lowest BCUT2D eigenvalue weighted by atomic mass is 9.84. The van der Waals surface area contributed by atoms with E-state index < -0.39 is 15.4 Å². The quantitative estimate of drug-likeness (QED) is 0.688. The lowest BCUT2D eigenvalue weighted by molar-refractivity contribution is 0.0115. The van der Waals surface area contributed by atoms with E-state index in [9.17, 15) is 13.5 Å². The molecule has 2 aromatic carbocycles. The Morgan fingerprint density at radius 3 is 2.54 bits per heavy atom. The molecule has 1 aliphatic rings. The first-order valence-corrected chi connectivity index (χ1v) is 11.3. The first kappa shape index (κ1) is 19.0. The Kier molecular flexibility index (Phi) is 4.89. The van der Waals surface area contributed by atoms with Gasteiger partial charge in [-0.2, -0.15) is 0 Å². The van der Waals surface area contributed by atoms with Crippen molar-refractivity contribution in [3.05, 3.63) is 54.1 Å². The molecule has 1 aromatic heterocycles. The molecular formula is C21H25N3O3S. The van der Waals surface area contributed by atoms with Crippen LogP contribution in [0.3, 0.4) is 0 Å². The molecule has 28 heavy (non-hydrogen) atoms. The van der Waals surface area contributed by atoms with Crippen molar-refractivity contribution in [1.29, 1.82) is 0 Å². The molecule has 1 saturated heterocycles. The van der Waals surface area contributed by atoms with Crippen molar-refractivity contribution in [1.82, 2.24) is 9.97 Å². The highest BCUT2D eigenvalue weighted by atomic mass is 32.2. The summed E-state index contributed by atoms with van der Waals surface area (Å²) in [4.78, 5) is 10.3. The van der Waals surface area contributed by atoms with Gasteiger partial charge in [-0.3, -0.25) is 0 Å². The second-order valence-electron chi connectivity index (χ2n) is 7.44. The van der Waals surface area contributed by atoms with E-state index >= 15 is 0 Å². The van der Waals surface area contributed by atoms with Crippen LogP contribution in [0.25, 0.3) is 11.0 Å². The number of aliphatic hydroxyl groups is 1. The minimum absolute atomic E-state index is 0.143. The van der Waals surface area contributed by atoms with E-state index in [1.807, 2.05) is 37.3 Å². The summed E-state index contributed by atoms with van der Waals surface area (Å²) < 4.78 is 24.6. The number of imidazole rings is 1. The zero-order valence-electron chi connectivity index (χ0n) is 15.9. The second kappa shape index (κ2) is 7.22. The maximum atomic E-state index is 12.3. The van der Waals surface area contributed by atoms with Gasteiger partial charge in [0.2, 0.25) is 5.95 Å². The summed E-state index contributed by atoms with van der Waals surface area (Å²) in [6.45, 7) is 3.20. The normalized spacial score (nSPS) is 17.1. The minimum atomic E-state index is -3.26. The van der Waals surface area contributed by atoms with E-state index in [0.29, 0.717) is 37.2 Å². The summed E-state index contributed by atoms with van der Waals surface area (Å²) in [5, 5.41) is 11.0. The molecule has 2 heterocycles. The van der Waals surface area contributed by atoms with Gasteiger partial charge in [-0.15, -0.1) is 0 Å². The van der Waals surface area contributed by atoms with Gasteiger partial charge in [0, 0.05) is 13.1 Å². The fourth-order valence-corrected chi connectivity index (χ4v) is 5.18. The van der Waals surface area contributed by atoms with Crippen molar-refractivity contribution in [3.63, 3.8) is 0 Å². The largest absolute Gasteiger partial charge is 0.385 e. The van der Waals surface area contributed by atoms with Crippen LogP contribution in [0, 0.1) is 0 Å². The Bertz CT molecular complexity index is 1070. The molecule has 0 atom stereocenters. The van der Waals surface area contributed by atoms with Crippen LogP contribution in [0.1, 0.15) is 31.7 Å². The summed E-state index contributed by atoms with van der Waals surface area (Å²) in [5.41, 5.74) is 1.60. The Morgan fingerprint density at radius 1 is 1.14 bits per heavy atom. The molecule has 7 heteroatoms. The van der Waals surface area contributed by atoms with Crippen molar-refractivity contribution in [3.8, 4) is 0 Å². The summed E-state index contributed by atoms with van der Waals surface area (Å²) >= 11 is 0. The molecule has 1 aliphatic heterocycles. The van der Waals surface area contributed by atoms with E-state index in [-0.39, 0.29) is 5.75 Å². The van der Waals surface area contributed by atoms with Crippen LogP contribution in [-0.2, 0) is 15.4 Å². The first-order valence-electron chi connectivity index (χ1n) is 9.67. The highest BCUT2D eigenvalue weighted by Gasteiger charge is 2.34. The molecule has 0 bridgehead atoms. The smallest absolute Gasteiger partial charge is 0.203 e. The number of benzene rings is 2. The van der Waals surface area contributed by atoms with Crippen LogP contribution in [0.4, 0.5) is 5.95 Å². The van der Waals surface area contributed by atoms with Crippen LogP contribution in [0.5, 0.6) is 0 Å². The molecule has 0 amide bonds. The van der Waals surface area contributed by atoms with Gasteiger partial charge in [-0.1, -0.05) is 37.3 Å². The molecule has 0 radical (unpaired) electrons. The lowest BCUT2D eigenvalue weighted by Crippen LogP contribution is -2.43. The van der Waals surface area contributed by atoms with Crippen molar-refractivity contribution in [2.75, 3.05) is 23.7 Å². The average molecular weight is 400 g/mol. The van der Waals surface area contributed by atoms with Crippen LogP contribution in [-0.4, -0.2) is 42.3 Å². The summed E-state index contributed by atoms with van der Waals surface area (Å²) in [6, 6.07) is 14.8. The first-order chi connectivity index (χ1) is 13.4. The Morgan fingerprint density at radius 2 is 1.86 bits per heavy atom. The minimum Gasteiger partial charge on any atom is -0.385 e. The number of nitrogens with one attached hydrogen (secondary N) is 1. The Labute approximate surface area is 165 Å². The van der Waals surface area contributed by atoms with Crippen molar-refractivity contribution >= 4 is 26.8 Å². The third-order valence-electron chi connectivity index (χ3n) is 5.47. The molecule has 3 aromatic rings. The van der Waals surface area contributed by atoms with Gasteiger partial charge >= 0.3 is 0 Å². The van der Waals surface area contributed by atoms with Gasteiger partial charge in [-0.25, -0.2) is 13.4 Å². The summed E-state index contributed by atoms with van der Waals surface area (Å²) in [6.07, 6.45) is 1.82. The van der Waals surface area contributed by atoms with Crippen molar-refractivity contribution in [2.24, 2.45) is 0 Å². The molecule has 0 aliphatic carbocycles. The molecule has 0 unspecified atom stereocenters. The van der Waals surface area contributed by atoms with E-state index in [1.54, 1.807) is 18.2 Å². The highest BCUT2D eigenvalue weighted by Crippen LogP contribution is 2.34. The predicted octanol–water partition coefficient (Wildman–Crippen LogP) is 3.23. The SMILES string of the molecule is CCCS(=O)(=O)c1ccc2nc(N3CCC(O)(c4ccccc4)CC3)[nH]c2c1. The van der Waals surface area contributed by atoms with Gasteiger partial charge in [0.25, 0.3) is 0 Å². The summed E-state index contributed by atoms with van der Waals surface area (Å²) in [5.74, 6) is 0.860. The zero-order valence-corrected chi connectivity index (χ0v) is 16.7. The standard InChI is InChI=1S/C21H25N3O3S/c1-2-14-28(26,27)17-8-9-18-19(15-17)23-20(22-18)24-12-10-21(25,11-13-24)16-6-4-3-5-7-16/h3-9,15,25H,2,10-14H2,1H3,(H,22,23). The lowest BCUT2D eigenvalue weighted by Gasteiger charge is -2.38. The molecule has 0 saturated carbocycles. The third-order valence-corrected chi connectivity index (χ3v) is 7.39. The van der Waals surface area contributed by atoms with Crippen molar-refractivity contribution < 1.29 is 13.5 Å². The van der Waals surface area contributed by atoms with Gasteiger partial charge in [0.1, 0.15) is 0 Å². The predicted molar refractivity (Wildman–Crippen MR) is 110 cm³/mol. The molecule has 2 N–H and O–H groups in total. The van der Waals surface area contributed by atoms with E-state index in [2.05, 4.69) is 14.9 Å². The fourth-order valence-electron chi connectivity index (χ4n) is 3.83. The van der Waals surface area contributed by atoms with Gasteiger partial charge in [0.05, 0.1) is 27.3 Å². The fraction of sp³-hybridized carbons (Fsp3) is 0.381. The Balaban J connectivity index is 1.54. The van der Waals surface area contributed by atoms with Crippen LogP contribution in [0.2, 0.25) is 0 Å². The zero-order chi connectivity index (χ0) is 19.8. The number of hydrogen-bond donors (Lipinski definition) is 2. The van der Waals surface area contributed by atoms with Crippen molar-refractivity contribution in [2.45, 2.75) is 36.7 Å². The van der Waals surface area contributed by atoms with Crippen LogP contribution >= 0.6 is 0 Å². The number of anilines is 1. The number of sulfone groups is 1. The number of aromatic amines is 1. The molecule has 0 spiro atoms. The maximum Gasteiger partial charge on any atom is 0.203 e. The number of piperidine rings is 1. The Hall–Kier alpha value is -2.38. The second-order valence-corrected chi connectivity index (χ2v) is 9.55. The van der Waals surface area contributed by atoms with Gasteiger partial charge < -0.3 is 15.0 Å². The van der Waals surface area contributed by atoms with E-state index in [4.69, 9.17) is 0 Å². The topological polar surface area (TPSA) is 86.3 Å². The number of aromatic nitrogens is 2. The van der Waals surface area contributed by atoms with Crippen LogP contribution < -0.4 is 4.90 Å². The molecule has 4 rings (SSSR count). The third kappa shape index (κ3) is 3.52. The number of H-pyrrole nitrogens is 1. The van der Waals surface area contributed by atoms with Gasteiger partial charge in [-0.05, 0) is 43.0 Å². The number of rotatable bonds is 5. The monoisotopic (exact) mass is 399 g/mol. The molecule has 148 valence electrons. The van der Waals surface area contributed by atoms with E-state index in [1.165, 1.54) is 0 Å². The van der Waals surface area contributed by atoms with E-state index in [0.717, 1.165) is 22.5 Å². The molecule has 6 nitrogen and oxygen atoms in total. The summed E-state index contributed by atoms with van der Waals surface area (Å²) in [7, 11) is -3.26. The van der Waals surface area contributed by atoms with Gasteiger partial charge in [0.15, 0.2) is 9.84 Å². The highest BCUT2D eigenvalue weighted by molar-refractivity contribution is 7.91. The number of hydrogen-bond acceptors (Lipinski definition) is 5. The number of fused-ring (bicyclic) bond motifs is 1.